The number of benzene rings is 2. The minimum Gasteiger partial charge on any atom is -0.366 e. The van der Waals surface area contributed by atoms with Crippen LogP contribution in [0.4, 0.5) is 0 Å². The summed E-state index contributed by atoms with van der Waals surface area (Å²) in [6.07, 6.45) is 0.649. The predicted octanol–water partition coefficient (Wildman–Crippen LogP) is 2.36. The first-order valence-electron chi connectivity index (χ1n) is 6.49. The molecule has 0 radical (unpaired) electrons. The van der Waals surface area contributed by atoms with Crippen molar-refractivity contribution in [1.29, 1.82) is 0 Å². The van der Waals surface area contributed by atoms with E-state index in [0.717, 1.165) is 9.13 Å². The summed E-state index contributed by atoms with van der Waals surface area (Å²) in [6.45, 7) is 0.506. The number of amides is 2. The van der Waals surface area contributed by atoms with Crippen LogP contribution >= 0.6 is 22.6 Å². The van der Waals surface area contributed by atoms with Gasteiger partial charge in [-0.05, 0) is 58.8 Å². The zero-order chi connectivity index (χ0) is 15.2. The zero-order valence-corrected chi connectivity index (χ0v) is 13.5. The van der Waals surface area contributed by atoms with Crippen LogP contribution in [0.15, 0.2) is 48.5 Å². The van der Waals surface area contributed by atoms with E-state index >= 15 is 0 Å². The van der Waals surface area contributed by atoms with E-state index in [9.17, 15) is 9.59 Å². The molecule has 0 atom stereocenters. The smallest absolute Gasteiger partial charge is 0.252 e. The van der Waals surface area contributed by atoms with Crippen molar-refractivity contribution in [2.24, 2.45) is 5.73 Å². The van der Waals surface area contributed by atoms with Gasteiger partial charge in [-0.2, -0.15) is 0 Å². The number of carbonyl (C=O) groups is 2. The van der Waals surface area contributed by atoms with Gasteiger partial charge in [0.25, 0.3) is 5.91 Å². The molecule has 0 saturated heterocycles. The van der Waals surface area contributed by atoms with Crippen LogP contribution in [0, 0.1) is 3.57 Å². The van der Waals surface area contributed by atoms with E-state index in [0.29, 0.717) is 24.1 Å². The quantitative estimate of drug-likeness (QED) is 0.765. The van der Waals surface area contributed by atoms with Gasteiger partial charge in [0.15, 0.2) is 0 Å². The van der Waals surface area contributed by atoms with Crippen molar-refractivity contribution >= 4 is 34.4 Å². The number of nitrogens with two attached hydrogens (primary N) is 1. The van der Waals surface area contributed by atoms with Gasteiger partial charge in [0.05, 0.1) is 5.56 Å². The average Bonchev–Trinajstić information content (AvgIpc) is 2.48. The Kier molecular flexibility index (Phi) is 5.32. The maximum Gasteiger partial charge on any atom is 0.252 e. The van der Waals surface area contributed by atoms with Gasteiger partial charge < -0.3 is 11.1 Å². The molecular weight excluding hydrogens is 379 g/mol. The second-order valence-electron chi connectivity index (χ2n) is 4.55. The van der Waals surface area contributed by atoms with Crippen LogP contribution < -0.4 is 11.1 Å². The van der Waals surface area contributed by atoms with Gasteiger partial charge >= 0.3 is 0 Å². The Balaban J connectivity index is 1.93. The molecule has 0 bridgehead atoms. The van der Waals surface area contributed by atoms with Crippen LogP contribution in [-0.2, 0) is 6.42 Å². The molecule has 0 aliphatic carbocycles. The van der Waals surface area contributed by atoms with Gasteiger partial charge in [0.1, 0.15) is 0 Å². The molecule has 0 fully saturated rings. The molecule has 108 valence electrons. The second kappa shape index (κ2) is 7.21. The topological polar surface area (TPSA) is 72.2 Å². The van der Waals surface area contributed by atoms with Crippen LogP contribution in [0.3, 0.4) is 0 Å². The molecule has 2 aromatic rings. The summed E-state index contributed by atoms with van der Waals surface area (Å²) in [4.78, 5) is 23.2. The third kappa shape index (κ3) is 4.29. The highest BCUT2D eigenvalue weighted by atomic mass is 127. The summed E-state index contributed by atoms with van der Waals surface area (Å²) in [6, 6.07) is 14.6. The van der Waals surface area contributed by atoms with Gasteiger partial charge in [-0.3, -0.25) is 9.59 Å². The Morgan fingerprint density at radius 2 is 1.86 bits per heavy atom. The summed E-state index contributed by atoms with van der Waals surface area (Å²) in [7, 11) is 0. The van der Waals surface area contributed by atoms with E-state index in [1.807, 2.05) is 24.3 Å². The molecule has 4 nitrogen and oxygen atoms in total. The number of hydrogen-bond donors (Lipinski definition) is 2. The van der Waals surface area contributed by atoms with E-state index in [4.69, 9.17) is 5.73 Å². The predicted molar refractivity (Wildman–Crippen MR) is 90.2 cm³/mol. The number of rotatable bonds is 5. The van der Waals surface area contributed by atoms with E-state index in [-0.39, 0.29) is 5.91 Å². The van der Waals surface area contributed by atoms with Crippen molar-refractivity contribution in [3.63, 3.8) is 0 Å². The number of carbonyl (C=O) groups excluding carboxylic acids is 2. The molecule has 0 aliphatic heterocycles. The largest absolute Gasteiger partial charge is 0.366 e. The third-order valence-electron chi connectivity index (χ3n) is 3.03. The standard InChI is InChI=1S/C16H15IN2O2/c17-14-7-2-1-6-13(14)16(21)19-9-8-11-4-3-5-12(10-11)15(18)20/h1-7,10H,8-9H2,(H2,18,20)(H,19,21). The summed E-state index contributed by atoms with van der Waals surface area (Å²) < 4.78 is 0.920. The first-order valence-corrected chi connectivity index (χ1v) is 7.57. The Morgan fingerprint density at radius 3 is 2.57 bits per heavy atom. The summed E-state index contributed by atoms with van der Waals surface area (Å²) >= 11 is 2.14. The summed E-state index contributed by atoms with van der Waals surface area (Å²) in [5, 5.41) is 2.88. The Bertz CT molecular complexity index is 671. The summed E-state index contributed by atoms with van der Waals surface area (Å²) in [5.41, 5.74) is 7.36. The van der Waals surface area contributed by atoms with E-state index in [2.05, 4.69) is 27.9 Å². The van der Waals surface area contributed by atoms with E-state index in [1.165, 1.54) is 0 Å². The molecule has 0 saturated carbocycles. The van der Waals surface area contributed by atoms with E-state index in [1.54, 1.807) is 24.3 Å². The Morgan fingerprint density at radius 1 is 1.10 bits per heavy atom. The average molecular weight is 394 g/mol. The molecule has 0 spiro atoms. The molecular formula is C16H15IN2O2. The lowest BCUT2D eigenvalue weighted by atomic mass is 10.1. The van der Waals surface area contributed by atoms with Crippen molar-refractivity contribution in [2.75, 3.05) is 6.54 Å². The monoisotopic (exact) mass is 394 g/mol. The molecule has 5 heteroatoms. The molecule has 2 rings (SSSR count). The number of nitrogens with one attached hydrogen (secondary N) is 1. The molecule has 2 amide bonds. The first-order chi connectivity index (χ1) is 10.1. The van der Waals surface area contributed by atoms with Crippen molar-refractivity contribution in [2.45, 2.75) is 6.42 Å². The third-order valence-corrected chi connectivity index (χ3v) is 3.97. The maximum atomic E-state index is 12.0. The fourth-order valence-corrected chi connectivity index (χ4v) is 2.57. The van der Waals surface area contributed by atoms with Gasteiger partial charge in [-0.1, -0.05) is 24.3 Å². The van der Waals surface area contributed by atoms with Crippen molar-refractivity contribution in [3.05, 3.63) is 68.8 Å². The van der Waals surface area contributed by atoms with Crippen molar-refractivity contribution < 1.29 is 9.59 Å². The van der Waals surface area contributed by atoms with Crippen molar-refractivity contribution in [3.8, 4) is 0 Å². The maximum absolute atomic E-state index is 12.0. The molecule has 0 heterocycles. The highest BCUT2D eigenvalue weighted by Gasteiger charge is 2.08. The lowest BCUT2D eigenvalue weighted by Gasteiger charge is -2.07. The Labute approximate surface area is 136 Å². The van der Waals surface area contributed by atoms with E-state index < -0.39 is 5.91 Å². The minimum absolute atomic E-state index is 0.0916. The lowest BCUT2D eigenvalue weighted by Crippen LogP contribution is -2.26. The number of halogens is 1. The molecule has 21 heavy (non-hydrogen) atoms. The fraction of sp³-hybridized carbons (Fsp3) is 0.125. The van der Waals surface area contributed by atoms with Gasteiger partial charge in [-0.25, -0.2) is 0 Å². The molecule has 0 aromatic heterocycles. The van der Waals surface area contributed by atoms with Crippen LogP contribution in [0.2, 0.25) is 0 Å². The lowest BCUT2D eigenvalue weighted by molar-refractivity contribution is 0.0951. The SMILES string of the molecule is NC(=O)c1cccc(CCNC(=O)c2ccccc2I)c1. The normalized spacial score (nSPS) is 10.1. The Hall–Kier alpha value is -1.89. The second-order valence-corrected chi connectivity index (χ2v) is 5.71. The van der Waals surface area contributed by atoms with Gasteiger partial charge in [0, 0.05) is 15.7 Å². The van der Waals surface area contributed by atoms with Crippen LogP contribution in [0.25, 0.3) is 0 Å². The van der Waals surface area contributed by atoms with Crippen LogP contribution in [-0.4, -0.2) is 18.4 Å². The highest BCUT2D eigenvalue weighted by Crippen LogP contribution is 2.11. The summed E-state index contributed by atoms with van der Waals surface area (Å²) in [5.74, 6) is -0.536. The molecule has 3 N–H and O–H groups in total. The fourth-order valence-electron chi connectivity index (χ4n) is 1.94. The van der Waals surface area contributed by atoms with Crippen molar-refractivity contribution in [1.82, 2.24) is 5.32 Å². The molecule has 0 aliphatic rings. The zero-order valence-electron chi connectivity index (χ0n) is 11.3. The molecule has 2 aromatic carbocycles. The minimum atomic E-state index is -0.445. The first kappa shape index (κ1) is 15.5. The number of hydrogen-bond acceptors (Lipinski definition) is 2. The van der Waals surface area contributed by atoms with Gasteiger partial charge in [-0.15, -0.1) is 0 Å². The van der Waals surface area contributed by atoms with Crippen LogP contribution in [0.1, 0.15) is 26.3 Å². The highest BCUT2D eigenvalue weighted by molar-refractivity contribution is 14.1. The number of primary amides is 1. The van der Waals surface area contributed by atoms with Crippen LogP contribution in [0.5, 0.6) is 0 Å². The molecule has 0 unspecified atom stereocenters. The van der Waals surface area contributed by atoms with Gasteiger partial charge in [0.2, 0.25) is 5.91 Å².